The standard InChI is InChI=1S/C18H23N3O3S/c1-2-23-17(22)13-7-9-21(10-8-13)12-16-11-20-18(25-16)24-15-5-3-14(19)4-6-15/h3-6,11,13H,2,7-10,12,19H2,1H3/p+1. The predicted molar refractivity (Wildman–Crippen MR) is 96.8 cm³/mol. The molecule has 1 aromatic carbocycles. The zero-order chi connectivity index (χ0) is 17.6. The summed E-state index contributed by atoms with van der Waals surface area (Å²) in [7, 11) is 0. The van der Waals surface area contributed by atoms with Crippen molar-refractivity contribution >= 4 is 23.0 Å². The number of nitrogens with zero attached hydrogens (tertiary/aromatic N) is 1. The Hall–Kier alpha value is -2.12. The van der Waals surface area contributed by atoms with Crippen molar-refractivity contribution in [3.63, 3.8) is 0 Å². The van der Waals surface area contributed by atoms with Crippen LogP contribution in [0.5, 0.6) is 10.9 Å². The summed E-state index contributed by atoms with van der Waals surface area (Å²) in [6, 6.07) is 7.28. The largest absolute Gasteiger partial charge is 0.466 e. The number of piperidine rings is 1. The molecule has 2 aromatic rings. The Morgan fingerprint density at radius 2 is 2.04 bits per heavy atom. The molecule has 0 amide bonds. The van der Waals surface area contributed by atoms with Crippen LogP contribution in [0.3, 0.4) is 0 Å². The molecular formula is C18H24N3O3S+. The van der Waals surface area contributed by atoms with E-state index in [2.05, 4.69) is 4.98 Å². The number of aromatic nitrogens is 1. The lowest BCUT2D eigenvalue weighted by molar-refractivity contribution is -0.919. The summed E-state index contributed by atoms with van der Waals surface area (Å²) in [5.74, 6) is 0.755. The van der Waals surface area contributed by atoms with Crippen molar-refractivity contribution in [1.29, 1.82) is 0 Å². The normalized spacial score (nSPS) is 20.2. The molecule has 134 valence electrons. The number of anilines is 1. The highest BCUT2D eigenvalue weighted by atomic mass is 32.1. The van der Waals surface area contributed by atoms with Gasteiger partial charge in [0.2, 0.25) is 0 Å². The van der Waals surface area contributed by atoms with E-state index in [0.29, 0.717) is 17.5 Å². The average molecular weight is 362 g/mol. The first-order chi connectivity index (χ1) is 12.1. The molecule has 3 N–H and O–H groups in total. The third-order valence-electron chi connectivity index (χ3n) is 4.35. The molecule has 1 aliphatic heterocycles. The molecule has 0 aliphatic carbocycles. The van der Waals surface area contributed by atoms with Crippen LogP contribution in [0.1, 0.15) is 24.6 Å². The van der Waals surface area contributed by atoms with Gasteiger partial charge >= 0.3 is 5.97 Å². The molecule has 0 radical (unpaired) electrons. The monoisotopic (exact) mass is 362 g/mol. The van der Waals surface area contributed by atoms with E-state index in [1.165, 1.54) is 9.78 Å². The van der Waals surface area contributed by atoms with Crippen LogP contribution in [-0.4, -0.2) is 30.6 Å². The van der Waals surface area contributed by atoms with Crippen LogP contribution >= 0.6 is 11.3 Å². The summed E-state index contributed by atoms with van der Waals surface area (Å²) in [6.45, 7) is 5.19. The molecule has 1 saturated heterocycles. The highest BCUT2D eigenvalue weighted by Crippen LogP contribution is 2.26. The Morgan fingerprint density at radius 3 is 2.72 bits per heavy atom. The lowest BCUT2D eigenvalue weighted by atomic mass is 9.97. The quantitative estimate of drug-likeness (QED) is 0.606. The summed E-state index contributed by atoms with van der Waals surface area (Å²) in [4.78, 5) is 18.8. The van der Waals surface area contributed by atoms with Crippen LogP contribution in [0.4, 0.5) is 5.69 Å². The van der Waals surface area contributed by atoms with E-state index in [0.717, 1.165) is 38.2 Å². The van der Waals surface area contributed by atoms with Crippen LogP contribution in [0.25, 0.3) is 0 Å². The molecule has 1 aromatic heterocycles. The summed E-state index contributed by atoms with van der Waals surface area (Å²) in [6.07, 6.45) is 3.66. The summed E-state index contributed by atoms with van der Waals surface area (Å²) in [5, 5.41) is 0.639. The van der Waals surface area contributed by atoms with E-state index in [1.54, 1.807) is 11.3 Å². The molecule has 0 unspecified atom stereocenters. The Labute approximate surface area is 151 Å². The SMILES string of the molecule is CCOC(=O)C1CC[NH+](Cc2cnc(Oc3ccc(N)cc3)s2)CC1. The number of rotatable bonds is 6. The molecule has 0 spiro atoms. The van der Waals surface area contributed by atoms with Crippen molar-refractivity contribution in [2.24, 2.45) is 5.92 Å². The van der Waals surface area contributed by atoms with E-state index in [9.17, 15) is 4.79 Å². The van der Waals surface area contributed by atoms with Crippen molar-refractivity contribution in [2.45, 2.75) is 26.3 Å². The highest BCUT2D eigenvalue weighted by molar-refractivity contribution is 7.13. The number of thiazole rings is 1. The van der Waals surface area contributed by atoms with Gasteiger partial charge in [-0.3, -0.25) is 4.79 Å². The van der Waals surface area contributed by atoms with Crippen molar-refractivity contribution in [2.75, 3.05) is 25.4 Å². The Morgan fingerprint density at radius 1 is 1.32 bits per heavy atom. The number of nitrogens with one attached hydrogen (secondary N) is 1. The van der Waals surface area contributed by atoms with E-state index in [1.807, 2.05) is 37.4 Å². The third-order valence-corrected chi connectivity index (χ3v) is 5.23. The van der Waals surface area contributed by atoms with Crippen LogP contribution in [-0.2, 0) is 16.1 Å². The molecule has 0 bridgehead atoms. The number of ether oxygens (including phenoxy) is 2. The number of nitrogen functional groups attached to an aromatic ring is 1. The van der Waals surface area contributed by atoms with Crippen molar-refractivity contribution in [1.82, 2.24) is 4.98 Å². The number of esters is 1. The topological polar surface area (TPSA) is 78.9 Å². The van der Waals surface area contributed by atoms with Gasteiger partial charge in [0.25, 0.3) is 5.19 Å². The van der Waals surface area contributed by atoms with Gasteiger partial charge in [-0.1, -0.05) is 11.3 Å². The van der Waals surface area contributed by atoms with Crippen molar-refractivity contribution in [3.05, 3.63) is 35.3 Å². The van der Waals surface area contributed by atoms with E-state index in [4.69, 9.17) is 15.2 Å². The number of benzene rings is 1. The number of hydrogen-bond acceptors (Lipinski definition) is 6. The van der Waals surface area contributed by atoms with E-state index < -0.39 is 0 Å². The first-order valence-corrected chi connectivity index (χ1v) is 9.44. The van der Waals surface area contributed by atoms with Gasteiger partial charge in [0, 0.05) is 18.5 Å². The second kappa shape index (κ2) is 8.31. The maximum absolute atomic E-state index is 11.8. The maximum atomic E-state index is 11.8. The number of hydrogen-bond donors (Lipinski definition) is 2. The van der Waals surface area contributed by atoms with Crippen LogP contribution in [0, 0.1) is 5.92 Å². The smallest absolute Gasteiger partial charge is 0.309 e. The van der Waals surface area contributed by atoms with Gasteiger partial charge in [0.15, 0.2) is 0 Å². The number of likely N-dealkylation sites (tertiary alicyclic amines) is 1. The molecular weight excluding hydrogens is 338 g/mol. The second-order valence-electron chi connectivity index (χ2n) is 6.22. The fourth-order valence-electron chi connectivity index (χ4n) is 3.00. The van der Waals surface area contributed by atoms with E-state index >= 15 is 0 Å². The Kier molecular flexibility index (Phi) is 5.88. The number of nitrogens with two attached hydrogens (primary N) is 1. The van der Waals surface area contributed by atoms with Crippen LogP contribution in [0.2, 0.25) is 0 Å². The molecule has 25 heavy (non-hydrogen) atoms. The number of carbonyl (C=O) groups is 1. The highest BCUT2D eigenvalue weighted by Gasteiger charge is 2.28. The lowest BCUT2D eigenvalue weighted by Gasteiger charge is -2.27. The minimum atomic E-state index is -0.0430. The Bertz CT molecular complexity index is 694. The fourth-order valence-corrected chi connectivity index (χ4v) is 3.85. The second-order valence-corrected chi connectivity index (χ2v) is 7.29. The maximum Gasteiger partial charge on any atom is 0.309 e. The molecule has 1 fully saturated rings. The lowest BCUT2D eigenvalue weighted by Crippen LogP contribution is -3.11. The summed E-state index contributed by atoms with van der Waals surface area (Å²) >= 11 is 1.56. The van der Waals surface area contributed by atoms with Gasteiger partial charge in [-0.2, -0.15) is 0 Å². The van der Waals surface area contributed by atoms with Gasteiger partial charge in [-0.15, -0.1) is 0 Å². The number of carbonyl (C=O) groups excluding carboxylic acids is 1. The molecule has 0 saturated carbocycles. The van der Waals surface area contributed by atoms with Crippen molar-refractivity contribution in [3.8, 4) is 10.9 Å². The minimum absolute atomic E-state index is 0.0430. The first-order valence-electron chi connectivity index (χ1n) is 8.62. The summed E-state index contributed by atoms with van der Waals surface area (Å²) < 4.78 is 10.9. The van der Waals surface area contributed by atoms with Crippen LogP contribution in [0.15, 0.2) is 30.5 Å². The van der Waals surface area contributed by atoms with Gasteiger partial charge in [0.05, 0.1) is 36.7 Å². The predicted octanol–water partition coefficient (Wildman–Crippen LogP) is 1.88. The molecule has 1 aliphatic rings. The number of quaternary nitrogens is 1. The van der Waals surface area contributed by atoms with Gasteiger partial charge < -0.3 is 20.1 Å². The zero-order valence-corrected chi connectivity index (χ0v) is 15.2. The van der Waals surface area contributed by atoms with Gasteiger partial charge in [0.1, 0.15) is 12.3 Å². The molecule has 0 atom stereocenters. The molecule has 7 heteroatoms. The molecule has 6 nitrogen and oxygen atoms in total. The first kappa shape index (κ1) is 17.7. The molecule has 2 heterocycles. The minimum Gasteiger partial charge on any atom is -0.466 e. The van der Waals surface area contributed by atoms with Gasteiger partial charge in [-0.05, 0) is 31.2 Å². The fraction of sp³-hybridized carbons (Fsp3) is 0.444. The van der Waals surface area contributed by atoms with Crippen LogP contribution < -0.4 is 15.4 Å². The van der Waals surface area contributed by atoms with Crippen molar-refractivity contribution < 1.29 is 19.2 Å². The summed E-state index contributed by atoms with van der Waals surface area (Å²) in [5.41, 5.74) is 6.38. The third kappa shape index (κ3) is 4.93. The zero-order valence-electron chi connectivity index (χ0n) is 14.4. The average Bonchev–Trinajstić information content (AvgIpc) is 3.05. The molecule has 3 rings (SSSR count). The van der Waals surface area contributed by atoms with E-state index in [-0.39, 0.29) is 11.9 Å². The van der Waals surface area contributed by atoms with Gasteiger partial charge in [-0.25, -0.2) is 4.98 Å². The Balaban J connectivity index is 1.49.